The van der Waals surface area contributed by atoms with Crippen LogP contribution in [0.2, 0.25) is 0 Å². The van der Waals surface area contributed by atoms with Gasteiger partial charge in [-0.15, -0.1) is 0 Å². The molecule has 0 spiro atoms. The Morgan fingerprint density at radius 1 is 1.03 bits per heavy atom. The van der Waals surface area contributed by atoms with E-state index in [1.807, 2.05) is 18.2 Å². The van der Waals surface area contributed by atoms with Crippen molar-refractivity contribution in [3.8, 4) is 0 Å². The zero-order valence-electron chi connectivity index (χ0n) is 17.9. The molecule has 0 amide bonds. The molecule has 1 aromatic carbocycles. The molecule has 0 bridgehead atoms. The zero-order valence-corrected chi connectivity index (χ0v) is 17.9. The molecular weight excluding hydrogens is 374 g/mol. The number of rotatable bonds is 7. The van der Waals surface area contributed by atoms with E-state index in [0.717, 1.165) is 54.7 Å². The lowest BCUT2D eigenvalue weighted by Crippen LogP contribution is -2.38. The van der Waals surface area contributed by atoms with E-state index in [1.54, 1.807) is 0 Å². The molecule has 0 radical (unpaired) electrons. The second-order valence-electron chi connectivity index (χ2n) is 7.40. The van der Waals surface area contributed by atoms with E-state index >= 15 is 0 Å². The van der Waals surface area contributed by atoms with Gasteiger partial charge in [0.15, 0.2) is 5.96 Å². The molecule has 0 aliphatic heterocycles. The molecule has 0 fully saturated rings. The number of fused-ring (bicyclic) bond motifs is 2. The number of pyridine rings is 1. The maximum Gasteiger partial charge on any atom is 0.191 e. The van der Waals surface area contributed by atoms with Gasteiger partial charge in [-0.3, -0.25) is 0 Å². The highest BCUT2D eigenvalue weighted by Gasteiger charge is 2.07. The van der Waals surface area contributed by atoms with E-state index in [4.69, 9.17) is 4.99 Å². The quantitative estimate of drug-likeness (QED) is 0.282. The molecule has 0 unspecified atom stereocenters. The molecule has 3 heterocycles. The lowest BCUT2D eigenvalue weighted by Gasteiger charge is -2.12. The molecule has 0 saturated carbocycles. The van der Waals surface area contributed by atoms with Gasteiger partial charge in [0, 0.05) is 31.5 Å². The number of para-hydroxylation sites is 2. The first-order chi connectivity index (χ1) is 14.7. The van der Waals surface area contributed by atoms with Gasteiger partial charge in [0.2, 0.25) is 0 Å². The fourth-order valence-electron chi connectivity index (χ4n) is 3.70. The normalized spacial score (nSPS) is 12.0. The third-order valence-corrected chi connectivity index (χ3v) is 5.19. The van der Waals surface area contributed by atoms with E-state index in [1.165, 1.54) is 11.2 Å². The summed E-state index contributed by atoms with van der Waals surface area (Å²) in [4.78, 5) is 14.0. The van der Waals surface area contributed by atoms with Crippen LogP contribution in [0, 0.1) is 13.8 Å². The average molecular weight is 404 g/mol. The number of nitrogens with one attached hydrogen (secondary N) is 2. The number of aromatic nitrogens is 4. The highest BCUT2D eigenvalue weighted by molar-refractivity contribution is 5.79. The van der Waals surface area contributed by atoms with Crippen molar-refractivity contribution >= 4 is 22.6 Å². The first kappa shape index (κ1) is 19.9. The highest BCUT2D eigenvalue weighted by Crippen LogP contribution is 2.15. The van der Waals surface area contributed by atoms with Crippen molar-refractivity contribution in [1.29, 1.82) is 0 Å². The van der Waals surface area contributed by atoms with Gasteiger partial charge < -0.3 is 19.6 Å². The summed E-state index contributed by atoms with van der Waals surface area (Å²) in [7, 11) is 0. The molecule has 2 N–H and O–H groups in total. The van der Waals surface area contributed by atoms with E-state index < -0.39 is 0 Å². The largest absolute Gasteiger partial charge is 0.357 e. The molecule has 30 heavy (non-hydrogen) atoms. The molecule has 156 valence electrons. The SMILES string of the molecule is CCNC(=NCc1cn2c(C)cccc2n1)NCCCn1c(C)nc2ccccc21. The minimum absolute atomic E-state index is 0.543. The summed E-state index contributed by atoms with van der Waals surface area (Å²) in [6, 6.07) is 14.4. The number of aryl methyl sites for hydroxylation is 3. The summed E-state index contributed by atoms with van der Waals surface area (Å²) < 4.78 is 4.38. The van der Waals surface area contributed by atoms with Crippen molar-refractivity contribution in [2.24, 2.45) is 4.99 Å². The Morgan fingerprint density at radius 2 is 1.90 bits per heavy atom. The fraction of sp³-hybridized carbons (Fsp3) is 0.348. The lowest BCUT2D eigenvalue weighted by atomic mass is 10.3. The van der Waals surface area contributed by atoms with Crippen LogP contribution in [-0.2, 0) is 13.1 Å². The van der Waals surface area contributed by atoms with Crippen LogP contribution in [0.15, 0.2) is 53.7 Å². The maximum atomic E-state index is 4.71. The molecular formula is C23H29N7. The summed E-state index contributed by atoms with van der Waals surface area (Å²) in [6.07, 6.45) is 3.05. The number of hydrogen-bond acceptors (Lipinski definition) is 3. The standard InChI is InChI=1S/C23H29N7/c1-4-24-23(26-15-19-16-30-17(2)9-7-12-22(30)28-19)25-13-8-14-29-18(3)27-20-10-5-6-11-21(20)29/h5-7,9-12,16H,4,8,13-15H2,1-3H3,(H2,24,25,26). The van der Waals surface area contributed by atoms with Crippen LogP contribution in [0.5, 0.6) is 0 Å². The molecule has 3 aromatic heterocycles. The van der Waals surface area contributed by atoms with Crippen molar-refractivity contribution in [3.05, 3.63) is 65.9 Å². The summed E-state index contributed by atoms with van der Waals surface area (Å²) in [6.45, 7) is 9.34. The van der Waals surface area contributed by atoms with Gasteiger partial charge in [-0.2, -0.15) is 0 Å². The summed E-state index contributed by atoms with van der Waals surface area (Å²) in [5, 5.41) is 6.75. The van der Waals surface area contributed by atoms with Gasteiger partial charge in [0.25, 0.3) is 0 Å². The molecule has 4 aromatic rings. The van der Waals surface area contributed by atoms with Gasteiger partial charge in [-0.05, 0) is 51.5 Å². The van der Waals surface area contributed by atoms with Gasteiger partial charge in [0.05, 0.1) is 23.3 Å². The Morgan fingerprint density at radius 3 is 2.73 bits per heavy atom. The van der Waals surface area contributed by atoms with E-state index in [2.05, 4.69) is 80.8 Å². The van der Waals surface area contributed by atoms with Crippen LogP contribution < -0.4 is 10.6 Å². The van der Waals surface area contributed by atoms with E-state index in [0.29, 0.717) is 6.54 Å². The number of aliphatic imine (C=N–C) groups is 1. The molecule has 0 saturated heterocycles. The van der Waals surface area contributed by atoms with E-state index in [-0.39, 0.29) is 0 Å². The predicted octanol–water partition coefficient (Wildman–Crippen LogP) is 3.45. The van der Waals surface area contributed by atoms with Crippen LogP contribution in [0.4, 0.5) is 0 Å². The third kappa shape index (κ3) is 4.30. The number of hydrogen-bond donors (Lipinski definition) is 2. The molecule has 7 nitrogen and oxygen atoms in total. The number of guanidine groups is 1. The molecule has 0 atom stereocenters. The summed E-state index contributed by atoms with van der Waals surface area (Å²) in [5.41, 5.74) is 5.34. The number of imidazole rings is 2. The Bertz CT molecular complexity index is 1170. The van der Waals surface area contributed by atoms with Crippen LogP contribution in [0.25, 0.3) is 16.7 Å². The molecule has 0 aliphatic carbocycles. The van der Waals surface area contributed by atoms with Gasteiger partial charge >= 0.3 is 0 Å². The summed E-state index contributed by atoms with van der Waals surface area (Å²) in [5.74, 6) is 1.87. The Balaban J connectivity index is 1.36. The maximum absolute atomic E-state index is 4.71. The molecule has 0 aliphatic rings. The van der Waals surface area contributed by atoms with Crippen molar-refractivity contribution < 1.29 is 0 Å². The van der Waals surface area contributed by atoms with Crippen LogP contribution >= 0.6 is 0 Å². The van der Waals surface area contributed by atoms with Gasteiger partial charge in [0.1, 0.15) is 11.5 Å². The highest BCUT2D eigenvalue weighted by atomic mass is 15.2. The van der Waals surface area contributed by atoms with Crippen LogP contribution in [0.1, 0.15) is 30.6 Å². The van der Waals surface area contributed by atoms with Crippen molar-refractivity contribution in [1.82, 2.24) is 29.6 Å². The van der Waals surface area contributed by atoms with Gasteiger partial charge in [-0.1, -0.05) is 18.2 Å². The number of nitrogens with zero attached hydrogens (tertiary/aromatic N) is 5. The van der Waals surface area contributed by atoms with Crippen LogP contribution in [0.3, 0.4) is 0 Å². The minimum Gasteiger partial charge on any atom is -0.357 e. The fourth-order valence-corrected chi connectivity index (χ4v) is 3.70. The Labute approximate surface area is 176 Å². The van der Waals surface area contributed by atoms with E-state index in [9.17, 15) is 0 Å². The topological polar surface area (TPSA) is 71.5 Å². The van der Waals surface area contributed by atoms with Crippen molar-refractivity contribution in [3.63, 3.8) is 0 Å². The van der Waals surface area contributed by atoms with Crippen LogP contribution in [-0.4, -0.2) is 38.0 Å². The van der Waals surface area contributed by atoms with Crippen molar-refractivity contribution in [2.45, 2.75) is 40.3 Å². The molecule has 4 rings (SSSR count). The van der Waals surface area contributed by atoms with Gasteiger partial charge in [-0.25, -0.2) is 15.0 Å². The number of benzene rings is 1. The predicted molar refractivity (Wildman–Crippen MR) is 122 cm³/mol. The monoisotopic (exact) mass is 403 g/mol. The smallest absolute Gasteiger partial charge is 0.191 e. The Hall–Kier alpha value is -3.35. The first-order valence-electron chi connectivity index (χ1n) is 10.5. The Kier molecular flexibility index (Phi) is 5.97. The first-order valence-corrected chi connectivity index (χ1v) is 10.5. The second kappa shape index (κ2) is 8.98. The molecule has 7 heteroatoms. The average Bonchev–Trinajstić information content (AvgIpc) is 3.30. The minimum atomic E-state index is 0.543. The summed E-state index contributed by atoms with van der Waals surface area (Å²) >= 11 is 0. The third-order valence-electron chi connectivity index (χ3n) is 5.19. The van der Waals surface area contributed by atoms with Crippen molar-refractivity contribution in [2.75, 3.05) is 13.1 Å². The lowest BCUT2D eigenvalue weighted by molar-refractivity contribution is 0.624. The zero-order chi connectivity index (χ0) is 20.9. The second-order valence-corrected chi connectivity index (χ2v) is 7.40.